The van der Waals surface area contributed by atoms with Crippen LogP contribution in [0, 0.1) is 5.82 Å². The molecule has 3 nitrogen and oxygen atoms in total. The van der Waals surface area contributed by atoms with Gasteiger partial charge in [-0.15, -0.1) is 0 Å². The maximum Gasteiger partial charge on any atom is 0.167 e. The third-order valence-corrected chi connectivity index (χ3v) is 3.43. The number of nitrogens with zero attached hydrogens (tertiary/aromatic N) is 1. The van der Waals surface area contributed by atoms with Crippen molar-refractivity contribution in [1.29, 1.82) is 0 Å². The molecule has 1 aliphatic rings. The lowest BCUT2D eigenvalue weighted by molar-refractivity contribution is 0.0914. The number of carbonyl (C=O) groups is 1. The van der Waals surface area contributed by atoms with Crippen molar-refractivity contribution < 1.29 is 9.18 Å². The second kappa shape index (κ2) is 6.07. The number of rotatable bonds is 4. The molecule has 98 valence electrons. The Morgan fingerprint density at radius 2 is 2.06 bits per heavy atom. The van der Waals surface area contributed by atoms with Crippen molar-refractivity contribution >= 4 is 5.78 Å². The first-order chi connectivity index (χ1) is 8.68. The van der Waals surface area contributed by atoms with Crippen LogP contribution in [0.2, 0.25) is 0 Å². The van der Waals surface area contributed by atoms with Gasteiger partial charge in [0.25, 0.3) is 0 Å². The average Bonchev–Trinajstić information content (AvgIpc) is 2.40. The second-order valence-corrected chi connectivity index (χ2v) is 4.74. The maximum atomic E-state index is 13.5. The Morgan fingerprint density at radius 1 is 1.39 bits per heavy atom. The number of ketones is 1. The van der Waals surface area contributed by atoms with Gasteiger partial charge in [0.1, 0.15) is 5.82 Å². The molecule has 0 amide bonds. The highest BCUT2D eigenvalue weighted by atomic mass is 19.1. The summed E-state index contributed by atoms with van der Waals surface area (Å²) < 4.78 is 13.5. The lowest BCUT2D eigenvalue weighted by atomic mass is 10.0. The molecular formula is C14H19FN2O. The molecule has 1 fully saturated rings. The van der Waals surface area contributed by atoms with Crippen LogP contribution >= 0.6 is 0 Å². The Bertz CT molecular complexity index is 416. The van der Waals surface area contributed by atoms with E-state index in [2.05, 4.69) is 10.2 Å². The van der Waals surface area contributed by atoms with E-state index in [1.54, 1.807) is 18.2 Å². The van der Waals surface area contributed by atoms with Gasteiger partial charge in [-0.05, 0) is 19.1 Å². The summed E-state index contributed by atoms with van der Waals surface area (Å²) in [6.07, 6.45) is 0.376. The molecule has 1 heterocycles. The minimum atomic E-state index is -0.421. The average molecular weight is 250 g/mol. The normalized spacial score (nSPS) is 18.6. The Morgan fingerprint density at radius 3 is 2.72 bits per heavy atom. The van der Waals surface area contributed by atoms with Crippen molar-refractivity contribution in [3.8, 4) is 0 Å². The van der Waals surface area contributed by atoms with Gasteiger partial charge in [0.15, 0.2) is 5.78 Å². The quantitative estimate of drug-likeness (QED) is 0.825. The zero-order valence-electron chi connectivity index (χ0n) is 10.7. The van der Waals surface area contributed by atoms with Crippen molar-refractivity contribution in [3.05, 3.63) is 35.6 Å². The molecular weight excluding hydrogens is 231 g/mol. The van der Waals surface area contributed by atoms with E-state index in [1.165, 1.54) is 6.07 Å². The number of piperazine rings is 1. The first-order valence-electron chi connectivity index (χ1n) is 6.41. The van der Waals surface area contributed by atoms with Crippen molar-refractivity contribution in [3.63, 3.8) is 0 Å². The Balaban J connectivity index is 1.96. The summed E-state index contributed by atoms with van der Waals surface area (Å²) >= 11 is 0. The predicted octanol–water partition coefficient (Wildman–Crippen LogP) is 1.69. The molecule has 1 unspecified atom stereocenters. The lowest BCUT2D eigenvalue weighted by Crippen LogP contribution is -2.48. The van der Waals surface area contributed by atoms with Gasteiger partial charge in [-0.25, -0.2) is 4.39 Å². The molecule has 18 heavy (non-hydrogen) atoms. The summed E-state index contributed by atoms with van der Waals surface area (Å²) in [6.45, 7) is 5.85. The standard InChI is InChI=1S/C14H19FN2O/c1-11(17-8-6-16-7-9-17)10-14(18)12-4-2-3-5-13(12)15/h2-5,11,16H,6-10H2,1H3. The van der Waals surface area contributed by atoms with Crippen LogP contribution in [0.3, 0.4) is 0 Å². The Labute approximate surface area is 107 Å². The van der Waals surface area contributed by atoms with Crippen LogP contribution in [-0.4, -0.2) is 42.9 Å². The predicted molar refractivity (Wildman–Crippen MR) is 69.3 cm³/mol. The first-order valence-corrected chi connectivity index (χ1v) is 6.41. The molecule has 2 rings (SSSR count). The molecule has 1 aliphatic heterocycles. The van der Waals surface area contributed by atoms with Crippen molar-refractivity contribution in [2.75, 3.05) is 26.2 Å². The summed E-state index contributed by atoms with van der Waals surface area (Å²) in [6, 6.07) is 6.36. The number of Topliss-reactive ketones (excluding diaryl/α,β-unsaturated/α-hetero) is 1. The molecule has 1 aromatic carbocycles. The largest absolute Gasteiger partial charge is 0.314 e. The number of hydrogen-bond donors (Lipinski definition) is 1. The third-order valence-electron chi connectivity index (χ3n) is 3.43. The second-order valence-electron chi connectivity index (χ2n) is 4.74. The molecule has 0 spiro atoms. The molecule has 0 saturated carbocycles. The van der Waals surface area contributed by atoms with Crippen LogP contribution in [-0.2, 0) is 0 Å². The molecule has 0 aliphatic carbocycles. The Kier molecular flexibility index (Phi) is 4.44. The van der Waals surface area contributed by atoms with Crippen molar-refractivity contribution in [2.24, 2.45) is 0 Å². The SMILES string of the molecule is CC(CC(=O)c1ccccc1F)N1CCNCC1. The van der Waals surface area contributed by atoms with Gasteiger partial charge in [0.05, 0.1) is 5.56 Å². The van der Waals surface area contributed by atoms with Gasteiger partial charge in [-0.3, -0.25) is 9.69 Å². The van der Waals surface area contributed by atoms with E-state index in [0.717, 1.165) is 26.2 Å². The topological polar surface area (TPSA) is 32.3 Å². The third kappa shape index (κ3) is 3.15. The molecule has 1 atom stereocenters. The fourth-order valence-corrected chi connectivity index (χ4v) is 2.32. The number of nitrogens with one attached hydrogen (secondary N) is 1. The van der Waals surface area contributed by atoms with E-state index in [4.69, 9.17) is 0 Å². The van der Waals surface area contributed by atoms with Crippen LogP contribution in [0.15, 0.2) is 24.3 Å². The smallest absolute Gasteiger partial charge is 0.167 e. The van der Waals surface area contributed by atoms with Crippen LogP contribution in [0.5, 0.6) is 0 Å². The molecule has 0 bridgehead atoms. The van der Waals surface area contributed by atoms with E-state index in [9.17, 15) is 9.18 Å². The molecule has 0 aromatic heterocycles. The van der Waals surface area contributed by atoms with Gasteiger partial charge in [-0.1, -0.05) is 12.1 Å². The summed E-state index contributed by atoms with van der Waals surface area (Å²) in [5, 5.41) is 3.28. The highest BCUT2D eigenvalue weighted by molar-refractivity contribution is 5.96. The summed E-state index contributed by atoms with van der Waals surface area (Å²) in [7, 11) is 0. The zero-order chi connectivity index (χ0) is 13.0. The molecule has 0 radical (unpaired) electrons. The first kappa shape index (κ1) is 13.2. The van der Waals surface area contributed by atoms with E-state index in [1.807, 2.05) is 6.92 Å². The summed E-state index contributed by atoms with van der Waals surface area (Å²) in [4.78, 5) is 14.3. The van der Waals surface area contributed by atoms with Crippen LogP contribution in [0.4, 0.5) is 4.39 Å². The van der Waals surface area contributed by atoms with Crippen molar-refractivity contribution in [2.45, 2.75) is 19.4 Å². The highest BCUT2D eigenvalue weighted by Gasteiger charge is 2.20. The van der Waals surface area contributed by atoms with Gasteiger partial charge in [0, 0.05) is 38.6 Å². The molecule has 4 heteroatoms. The van der Waals surface area contributed by atoms with Gasteiger partial charge < -0.3 is 5.32 Å². The zero-order valence-corrected chi connectivity index (χ0v) is 10.7. The summed E-state index contributed by atoms with van der Waals surface area (Å²) in [5.74, 6) is -0.533. The monoisotopic (exact) mass is 250 g/mol. The van der Waals surface area contributed by atoms with E-state index < -0.39 is 5.82 Å². The number of halogens is 1. The van der Waals surface area contributed by atoms with Crippen molar-refractivity contribution in [1.82, 2.24) is 10.2 Å². The maximum absolute atomic E-state index is 13.5. The van der Waals surface area contributed by atoms with Crippen LogP contribution in [0.1, 0.15) is 23.7 Å². The Hall–Kier alpha value is -1.26. The van der Waals surface area contributed by atoms with Crippen LogP contribution < -0.4 is 5.32 Å². The van der Waals surface area contributed by atoms with E-state index in [0.29, 0.717) is 6.42 Å². The van der Waals surface area contributed by atoms with Gasteiger partial charge >= 0.3 is 0 Å². The van der Waals surface area contributed by atoms with Gasteiger partial charge in [0.2, 0.25) is 0 Å². The number of carbonyl (C=O) groups excluding carboxylic acids is 1. The van der Waals surface area contributed by atoms with Gasteiger partial charge in [-0.2, -0.15) is 0 Å². The molecule has 1 aromatic rings. The molecule has 1 N–H and O–H groups in total. The number of benzene rings is 1. The van der Waals surface area contributed by atoms with E-state index in [-0.39, 0.29) is 17.4 Å². The fraction of sp³-hybridized carbons (Fsp3) is 0.500. The minimum Gasteiger partial charge on any atom is -0.314 e. The minimum absolute atomic E-state index is 0.112. The van der Waals surface area contributed by atoms with Crippen LogP contribution in [0.25, 0.3) is 0 Å². The lowest BCUT2D eigenvalue weighted by Gasteiger charge is -2.32. The number of hydrogen-bond acceptors (Lipinski definition) is 3. The summed E-state index contributed by atoms with van der Waals surface area (Å²) in [5.41, 5.74) is 0.208. The highest BCUT2D eigenvalue weighted by Crippen LogP contribution is 2.13. The molecule has 1 saturated heterocycles. The van der Waals surface area contributed by atoms with E-state index >= 15 is 0 Å². The fourth-order valence-electron chi connectivity index (χ4n) is 2.32.